The molecule has 0 N–H and O–H groups in total. The summed E-state index contributed by atoms with van der Waals surface area (Å²) < 4.78 is 25.5. The standard InChI is InChI=1S/C15H12F2IN3S/c1-21(14-13-12(6-7-22-13)19-9-20-14)8-10-4-2-3-5-11(10)15(16,17)18/h2-7,9H,8H2,1H3. The van der Waals surface area contributed by atoms with Gasteiger partial charge in [-0.1, -0.05) is 24.3 Å². The van der Waals surface area contributed by atoms with E-state index in [4.69, 9.17) is 0 Å². The fraction of sp³-hybridized carbons (Fsp3) is 0.200. The van der Waals surface area contributed by atoms with Crippen molar-refractivity contribution < 1.29 is 8.78 Å². The van der Waals surface area contributed by atoms with E-state index < -0.39 is 3.93 Å². The Morgan fingerprint density at radius 2 is 2.00 bits per heavy atom. The average Bonchev–Trinajstić information content (AvgIpc) is 2.94. The van der Waals surface area contributed by atoms with Crippen molar-refractivity contribution >= 4 is 50.0 Å². The summed E-state index contributed by atoms with van der Waals surface area (Å²) in [4.78, 5) is 10.4. The molecule has 3 nitrogen and oxygen atoms in total. The molecule has 0 amide bonds. The normalized spacial score (nSPS) is 11.8. The first-order chi connectivity index (χ1) is 10.5. The van der Waals surface area contributed by atoms with Crippen LogP contribution in [0.25, 0.3) is 10.2 Å². The zero-order valence-electron chi connectivity index (χ0n) is 11.6. The summed E-state index contributed by atoms with van der Waals surface area (Å²) >= 11 is 2.71. The Labute approximate surface area is 144 Å². The van der Waals surface area contributed by atoms with Gasteiger partial charge in [-0.25, -0.2) is 9.97 Å². The number of hydrogen-bond donors (Lipinski definition) is 0. The largest absolute Gasteiger partial charge is 0.354 e. The first kappa shape index (κ1) is 15.5. The van der Waals surface area contributed by atoms with Crippen molar-refractivity contribution in [1.82, 2.24) is 9.97 Å². The lowest BCUT2D eigenvalue weighted by atomic mass is 10.1. The zero-order chi connectivity index (χ0) is 15.7. The molecule has 0 atom stereocenters. The molecule has 2 heterocycles. The van der Waals surface area contributed by atoms with Gasteiger partial charge in [0, 0.05) is 41.7 Å². The fourth-order valence-electron chi connectivity index (χ4n) is 2.31. The maximum Gasteiger partial charge on any atom is 0.321 e. The topological polar surface area (TPSA) is 29.0 Å². The van der Waals surface area contributed by atoms with E-state index in [0.717, 1.165) is 16.0 Å². The van der Waals surface area contributed by atoms with Crippen LogP contribution in [0, 0.1) is 0 Å². The van der Waals surface area contributed by atoms with Gasteiger partial charge >= 0.3 is 3.93 Å². The first-order valence-corrected chi connectivity index (χ1v) is 8.47. The van der Waals surface area contributed by atoms with Gasteiger partial charge in [-0.05, 0) is 17.0 Å². The van der Waals surface area contributed by atoms with Gasteiger partial charge in [0.15, 0.2) is 0 Å². The number of halogens is 3. The predicted octanol–water partition coefficient (Wildman–Crippen LogP) is 4.81. The monoisotopic (exact) mass is 431 g/mol. The molecule has 0 saturated heterocycles. The van der Waals surface area contributed by atoms with Crippen LogP contribution in [-0.4, -0.2) is 17.0 Å². The van der Waals surface area contributed by atoms with Crippen molar-refractivity contribution in [2.24, 2.45) is 0 Å². The maximum absolute atomic E-state index is 13.7. The van der Waals surface area contributed by atoms with E-state index in [1.807, 2.05) is 23.4 Å². The minimum Gasteiger partial charge on any atom is -0.354 e. The van der Waals surface area contributed by atoms with Crippen molar-refractivity contribution in [2.45, 2.75) is 10.5 Å². The highest BCUT2D eigenvalue weighted by Crippen LogP contribution is 2.38. The molecule has 3 rings (SSSR count). The Bertz CT molecular complexity index is 801. The van der Waals surface area contributed by atoms with Gasteiger partial charge in [0.1, 0.15) is 12.1 Å². The number of nitrogens with zero attached hydrogens (tertiary/aromatic N) is 3. The molecule has 7 heteroatoms. The van der Waals surface area contributed by atoms with Gasteiger partial charge in [0.25, 0.3) is 0 Å². The Morgan fingerprint density at radius 3 is 2.77 bits per heavy atom. The molecule has 0 fully saturated rings. The molecule has 2 aromatic heterocycles. The van der Waals surface area contributed by atoms with Crippen molar-refractivity contribution in [2.75, 3.05) is 11.9 Å². The SMILES string of the molecule is CN(Cc1ccccc1C(F)(F)I)c1ncnc2ccsc12. The van der Waals surface area contributed by atoms with Gasteiger partial charge in [0.05, 0.1) is 10.2 Å². The lowest BCUT2D eigenvalue weighted by Crippen LogP contribution is -2.20. The van der Waals surface area contributed by atoms with E-state index >= 15 is 0 Å². The van der Waals surface area contributed by atoms with Crippen molar-refractivity contribution in [3.05, 3.63) is 53.2 Å². The third-order valence-electron chi connectivity index (χ3n) is 3.32. The van der Waals surface area contributed by atoms with Crippen LogP contribution < -0.4 is 4.90 Å². The summed E-state index contributed by atoms with van der Waals surface area (Å²) in [5.74, 6) is 0.756. The molecule has 114 valence electrons. The van der Waals surface area contributed by atoms with Gasteiger partial charge in [0.2, 0.25) is 0 Å². The number of alkyl halides is 3. The molecule has 0 aliphatic carbocycles. The van der Waals surface area contributed by atoms with E-state index in [0.29, 0.717) is 12.1 Å². The summed E-state index contributed by atoms with van der Waals surface area (Å²) in [6.45, 7) is 0.360. The van der Waals surface area contributed by atoms with Gasteiger partial charge < -0.3 is 4.90 Å². The van der Waals surface area contributed by atoms with Crippen molar-refractivity contribution in [3.8, 4) is 0 Å². The van der Waals surface area contributed by atoms with E-state index in [-0.39, 0.29) is 5.56 Å². The van der Waals surface area contributed by atoms with E-state index in [9.17, 15) is 8.78 Å². The van der Waals surface area contributed by atoms with Gasteiger partial charge in [-0.15, -0.1) is 11.3 Å². The number of aromatic nitrogens is 2. The van der Waals surface area contributed by atoms with Crippen LogP contribution in [0.2, 0.25) is 0 Å². The minimum absolute atomic E-state index is 0.0407. The van der Waals surface area contributed by atoms with Crippen LogP contribution in [0.5, 0.6) is 0 Å². The summed E-state index contributed by atoms with van der Waals surface area (Å²) in [7, 11) is 1.85. The number of thiophene rings is 1. The molecule has 22 heavy (non-hydrogen) atoms. The quantitative estimate of drug-likeness (QED) is 0.439. The van der Waals surface area contributed by atoms with Crippen LogP contribution >= 0.6 is 33.9 Å². The third-order valence-corrected chi connectivity index (χ3v) is 4.80. The number of anilines is 1. The molecular formula is C15H12F2IN3S. The fourth-order valence-corrected chi connectivity index (χ4v) is 3.73. The number of fused-ring (bicyclic) bond motifs is 1. The molecule has 0 aliphatic heterocycles. The highest BCUT2D eigenvalue weighted by molar-refractivity contribution is 14.1. The smallest absolute Gasteiger partial charge is 0.321 e. The second-order valence-corrected chi connectivity index (χ2v) is 7.11. The highest BCUT2D eigenvalue weighted by Gasteiger charge is 2.29. The minimum atomic E-state index is -2.89. The predicted molar refractivity (Wildman–Crippen MR) is 93.9 cm³/mol. The Morgan fingerprint density at radius 1 is 1.23 bits per heavy atom. The Kier molecular flexibility index (Phi) is 4.26. The first-order valence-electron chi connectivity index (χ1n) is 6.51. The second kappa shape index (κ2) is 6.04. The molecule has 1 aromatic carbocycles. The molecule has 0 radical (unpaired) electrons. The molecule has 0 bridgehead atoms. The molecular weight excluding hydrogens is 419 g/mol. The summed E-state index contributed by atoms with van der Waals surface area (Å²) in [5.41, 5.74) is 1.50. The third kappa shape index (κ3) is 3.05. The van der Waals surface area contributed by atoms with E-state index in [1.165, 1.54) is 35.0 Å². The van der Waals surface area contributed by atoms with Crippen LogP contribution in [0.4, 0.5) is 14.6 Å². The Balaban J connectivity index is 1.95. The number of rotatable bonds is 4. The zero-order valence-corrected chi connectivity index (χ0v) is 14.6. The van der Waals surface area contributed by atoms with Crippen LogP contribution in [-0.2, 0) is 10.5 Å². The lowest BCUT2D eigenvalue weighted by Gasteiger charge is -2.21. The van der Waals surface area contributed by atoms with Gasteiger partial charge in [-0.2, -0.15) is 8.78 Å². The van der Waals surface area contributed by atoms with Crippen LogP contribution in [0.3, 0.4) is 0 Å². The summed E-state index contributed by atoms with van der Waals surface area (Å²) in [5, 5.41) is 1.95. The van der Waals surface area contributed by atoms with Crippen LogP contribution in [0.15, 0.2) is 42.0 Å². The van der Waals surface area contributed by atoms with Gasteiger partial charge in [-0.3, -0.25) is 0 Å². The van der Waals surface area contributed by atoms with E-state index in [1.54, 1.807) is 29.5 Å². The molecule has 0 saturated carbocycles. The molecule has 0 unspecified atom stereocenters. The summed E-state index contributed by atoms with van der Waals surface area (Å²) in [6, 6.07) is 8.52. The van der Waals surface area contributed by atoms with E-state index in [2.05, 4.69) is 9.97 Å². The highest BCUT2D eigenvalue weighted by atomic mass is 127. The van der Waals surface area contributed by atoms with Crippen molar-refractivity contribution in [3.63, 3.8) is 0 Å². The average molecular weight is 431 g/mol. The van der Waals surface area contributed by atoms with Crippen LogP contribution in [0.1, 0.15) is 11.1 Å². The molecule has 0 spiro atoms. The summed E-state index contributed by atoms with van der Waals surface area (Å²) in [6.07, 6.45) is 1.50. The maximum atomic E-state index is 13.7. The molecule has 3 aromatic rings. The Hall–Kier alpha value is -1.35. The number of benzene rings is 1. The molecule has 0 aliphatic rings. The number of hydrogen-bond acceptors (Lipinski definition) is 4. The second-order valence-electron chi connectivity index (χ2n) is 4.84. The van der Waals surface area contributed by atoms with Crippen molar-refractivity contribution in [1.29, 1.82) is 0 Å². The lowest BCUT2D eigenvalue weighted by molar-refractivity contribution is 0.126.